The summed E-state index contributed by atoms with van der Waals surface area (Å²) >= 11 is 0. The van der Waals surface area contributed by atoms with Gasteiger partial charge in [-0.1, -0.05) is 12.6 Å². The van der Waals surface area contributed by atoms with Crippen molar-refractivity contribution < 1.29 is 0 Å². The van der Waals surface area contributed by atoms with E-state index in [0.717, 1.165) is 12.0 Å². The van der Waals surface area contributed by atoms with E-state index < -0.39 is 0 Å². The van der Waals surface area contributed by atoms with E-state index in [1.807, 2.05) is 35.9 Å². The Kier molecular flexibility index (Phi) is 2.66. The van der Waals surface area contributed by atoms with Crippen LogP contribution in [0.2, 0.25) is 0 Å². The fourth-order valence-corrected chi connectivity index (χ4v) is 0.897. The van der Waals surface area contributed by atoms with Crippen molar-refractivity contribution in [1.82, 2.24) is 4.57 Å². The van der Waals surface area contributed by atoms with E-state index in [9.17, 15) is 0 Å². The van der Waals surface area contributed by atoms with Gasteiger partial charge in [0.05, 0.1) is 0 Å². The van der Waals surface area contributed by atoms with Crippen molar-refractivity contribution in [1.29, 1.82) is 0 Å². The maximum atomic E-state index is 4.27. The van der Waals surface area contributed by atoms with Crippen molar-refractivity contribution in [2.24, 2.45) is 4.99 Å². The number of hydrogen-bond acceptors (Lipinski definition) is 1. The van der Waals surface area contributed by atoms with Crippen molar-refractivity contribution in [3.8, 4) is 0 Å². The highest BCUT2D eigenvalue weighted by molar-refractivity contribution is 5.16. The first-order valence-corrected chi connectivity index (χ1v) is 3.68. The lowest BCUT2D eigenvalue weighted by atomic mass is 10.5. The van der Waals surface area contributed by atoms with Gasteiger partial charge in [0.1, 0.15) is 5.49 Å². The SMILES string of the molecule is C=Cn1ccccc1=NCC. The predicted octanol–water partition coefficient (Wildman–Crippen LogP) is 1.51. The first-order valence-electron chi connectivity index (χ1n) is 3.68. The Labute approximate surface area is 66.5 Å². The summed E-state index contributed by atoms with van der Waals surface area (Å²) in [5.74, 6) is 0. The molecule has 0 saturated carbocycles. The summed E-state index contributed by atoms with van der Waals surface area (Å²) in [6.45, 7) is 6.49. The number of nitrogens with zero attached hydrogens (tertiary/aromatic N) is 2. The van der Waals surface area contributed by atoms with E-state index in [1.165, 1.54) is 0 Å². The first-order chi connectivity index (χ1) is 5.38. The largest absolute Gasteiger partial charge is 0.310 e. The Morgan fingerprint density at radius 3 is 3.09 bits per heavy atom. The Balaban J connectivity index is 3.23. The number of pyridine rings is 1. The molecule has 0 unspecified atom stereocenters. The highest BCUT2D eigenvalue weighted by atomic mass is 15.0. The fraction of sp³-hybridized carbons (Fsp3) is 0.222. The summed E-state index contributed by atoms with van der Waals surface area (Å²) in [5.41, 5.74) is 0.949. The first kappa shape index (κ1) is 7.79. The molecule has 0 aliphatic rings. The molecule has 0 aliphatic carbocycles. The normalized spacial score (nSPS) is 11.5. The average Bonchev–Trinajstić information content (AvgIpc) is 2.06. The summed E-state index contributed by atoms with van der Waals surface area (Å²) in [6, 6.07) is 5.88. The topological polar surface area (TPSA) is 17.3 Å². The van der Waals surface area contributed by atoms with Gasteiger partial charge in [-0.2, -0.15) is 0 Å². The van der Waals surface area contributed by atoms with Gasteiger partial charge in [0.25, 0.3) is 0 Å². The van der Waals surface area contributed by atoms with Crippen LogP contribution in [-0.4, -0.2) is 11.1 Å². The maximum Gasteiger partial charge on any atom is 0.131 e. The minimum atomic E-state index is 0.803. The summed E-state index contributed by atoms with van der Waals surface area (Å²) in [7, 11) is 0. The molecule has 0 bridgehead atoms. The van der Waals surface area contributed by atoms with Crippen LogP contribution in [0.4, 0.5) is 0 Å². The second kappa shape index (κ2) is 3.76. The lowest BCUT2D eigenvalue weighted by Gasteiger charge is -1.97. The minimum absolute atomic E-state index is 0.803. The second-order valence-corrected chi connectivity index (χ2v) is 2.12. The molecule has 0 aromatic carbocycles. The maximum absolute atomic E-state index is 4.27. The van der Waals surface area contributed by atoms with Gasteiger partial charge in [-0.05, 0) is 19.1 Å². The molecule has 1 aromatic heterocycles. The van der Waals surface area contributed by atoms with Gasteiger partial charge >= 0.3 is 0 Å². The van der Waals surface area contributed by atoms with Crippen LogP contribution in [0.1, 0.15) is 6.92 Å². The summed E-state index contributed by atoms with van der Waals surface area (Å²) in [4.78, 5) is 4.27. The number of hydrogen-bond donors (Lipinski definition) is 0. The molecule has 2 heteroatoms. The van der Waals surface area contributed by atoms with E-state index in [4.69, 9.17) is 0 Å². The third-order valence-corrected chi connectivity index (χ3v) is 1.38. The van der Waals surface area contributed by atoms with Crippen molar-refractivity contribution in [2.45, 2.75) is 6.92 Å². The third-order valence-electron chi connectivity index (χ3n) is 1.38. The molecule has 0 radical (unpaired) electrons. The van der Waals surface area contributed by atoms with E-state index >= 15 is 0 Å². The van der Waals surface area contributed by atoms with E-state index in [0.29, 0.717) is 0 Å². The molecular formula is C9H12N2. The zero-order valence-electron chi connectivity index (χ0n) is 6.70. The number of rotatable bonds is 2. The van der Waals surface area contributed by atoms with Crippen LogP contribution in [0.15, 0.2) is 36.0 Å². The van der Waals surface area contributed by atoms with Crippen LogP contribution in [0.3, 0.4) is 0 Å². The molecule has 0 amide bonds. The Bertz CT molecular complexity index is 296. The van der Waals surface area contributed by atoms with Crippen LogP contribution in [-0.2, 0) is 0 Å². The fourth-order valence-electron chi connectivity index (χ4n) is 0.897. The average molecular weight is 148 g/mol. The lowest BCUT2D eigenvalue weighted by molar-refractivity contribution is 0.939. The van der Waals surface area contributed by atoms with Crippen molar-refractivity contribution >= 4 is 6.20 Å². The molecular weight excluding hydrogens is 136 g/mol. The second-order valence-electron chi connectivity index (χ2n) is 2.12. The van der Waals surface area contributed by atoms with Gasteiger partial charge in [0, 0.05) is 18.9 Å². The third kappa shape index (κ3) is 1.80. The predicted molar refractivity (Wildman–Crippen MR) is 46.9 cm³/mol. The van der Waals surface area contributed by atoms with Crippen molar-refractivity contribution in [3.63, 3.8) is 0 Å². The van der Waals surface area contributed by atoms with Crippen LogP contribution in [0, 0.1) is 0 Å². The van der Waals surface area contributed by atoms with Gasteiger partial charge < -0.3 is 4.57 Å². The molecule has 0 fully saturated rings. The molecule has 1 rings (SSSR count). The molecule has 0 atom stereocenters. The van der Waals surface area contributed by atoms with E-state index in [1.54, 1.807) is 6.20 Å². The Morgan fingerprint density at radius 2 is 2.45 bits per heavy atom. The zero-order valence-corrected chi connectivity index (χ0v) is 6.70. The standard InChI is InChI=1S/C9H12N2/c1-3-10-9-7-5-6-8-11(9)4-2/h4-8H,2-3H2,1H3. The summed E-state index contributed by atoms with van der Waals surface area (Å²) in [5, 5.41) is 0. The minimum Gasteiger partial charge on any atom is -0.310 e. The van der Waals surface area contributed by atoms with Gasteiger partial charge in [-0.25, -0.2) is 0 Å². The monoisotopic (exact) mass is 148 g/mol. The van der Waals surface area contributed by atoms with Crippen LogP contribution in [0.5, 0.6) is 0 Å². The van der Waals surface area contributed by atoms with Crippen molar-refractivity contribution in [2.75, 3.05) is 6.54 Å². The molecule has 58 valence electrons. The molecule has 11 heavy (non-hydrogen) atoms. The van der Waals surface area contributed by atoms with Crippen LogP contribution >= 0.6 is 0 Å². The van der Waals surface area contributed by atoms with Gasteiger partial charge in [-0.3, -0.25) is 4.99 Å². The highest BCUT2D eigenvalue weighted by Gasteiger charge is 1.82. The molecule has 0 spiro atoms. The van der Waals surface area contributed by atoms with E-state index in [2.05, 4.69) is 11.6 Å². The van der Waals surface area contributed by atoms with Gasteiger partial charge in [0.2, 0.25) is 0 Å². The summed E-state index contributed by atoms with van der Waals surface area (Å²) in [6.07, 6.45) is 3.68. The smallest absolute Gasteiger partial charge is 0.131 e. The lowest BCUT2D eigenvalue weighted by Crippen LogP contribution is -2.14. The molecule has 0 saturated heterocycles. The van der Waals surface area contributed by atoms with Crippen LogP contribution < -0.4 is 5.49 Å². The summed E-state index contributed by atoms with van der Waals surface area (Å²) < 4.78 is 1.89. The van der Waals surface area contributed by atoms with Crippen LogP contribution in [0.25, 0.3) is 6.20 Å². The van der Waals surface area contributed by atoms with Crippen molar-refractivity contribution in [3.05, 3.63) is 36.5 Å². The highest BCUT2D eigenvalue weighted by Crippen LogP contribution is 1.81. The van der Waals surface area contributed by atoms with Gasteiger partial charge in [0.15, 0.2) is 0 Å². The molecule has 0 aliphatic heterocycles. The number of aromatic nitrogens is 1. The molecule has 1 heterocycles. The molecule has 1 aromatic rings. The van der Waals surface area contributed by atoms with E-state index in [-0.39, 0.29) is 0 Å². The quantitative estimate of drug-likeness (QED) is 0.605. The van der Waals surface area contributed by atoms with Gasteiger partial charge in [-0.15, -0.1) is 0 Å². The molecule has 0 N–H and O–H groups in total. The Morgan fingerprint density at radius 1 is 1.64 bits per heavy atom. The zero-order chi connectivity index (χ0) is 8.10. The molecule has 2 nitrogen and oxygen atoms in total. The Hall–Kier alpha value is -1.31.